The molecule has 2 bridgehead atoms. The zero-order valence-electron chi connectivity index (χ0n) is 13.5. The molecule has 0 aromatic rings. The Labute approximate surface area is 118 Å². The van der Waals surface area contributed by atoms with Gasteiger partial charge in [0.2, 0.25) is 0 Å². The molecule has 5 fully saturated rings. The molecule has 11 unspecified atom stereocenters. The lowest BCUT2D eigenvalue weighted by Crippen LogP contribution is -2.75. The molecule has 5 rings (SSSR count). The highest BCUT2D eigenvalue weighted by atomic mass is 14.9. The second-order valence-electron chi connectivity index (χ2n) is 9.88. The Morgan fingerprint density at radius 3 is 2.21 bits per heavy atom. The van der Waals surface area contributed by atoms with Crippen molar-refractivity contribution in [2.24, 2.45) is 63.6 Å². The van der Waals surface area contributed by atoms with Gasteiger partial charge in [-0.15, -0.1) is 0 Å². The minimum atomic E-state index is 0.636. The summed E-state index contributed by atoms with van der Waals surface area (Å²) in [5, 5.41) is 0. The Bertz CT molecular complexity index is 478. The average molecular weight is 258 g/mol. The summed E-state index contributed by atoms with van der Waals surface area (Å²) in [6.45, 7) is 15.9. The first-order valence-electron chi connectivity index (χ1n) is 8.79. The summed E-state index contributed by atoms with van der Waals surface area (Å²) >= 11 is 0. The SMILES string of the molecule is CC1C2C3C4CC(C)(C(C)C4(C)C13)C1(C)C(C)CC21. The van der Waals surface area contributed by atoms with Gasteiger partial charge in [-0.2, -0.15) is 0 Å². The molecule has 106 valence electrons. The van der Waals surface area contributed by atoms with Gasteiger partial charge in [0.25, 0.3) is 0 Å². The standard InChI is InChI=1S/C19H30/c1-9-7-12-14-10(2)16-15(14)13-8-17(4,19(9,12)6)11(3)18(13,16)5/h9-16H,7-8H2,1-6H3. The van der Waals surface area contributed by atoms with Gasteiger partial charge in [-0.1, -0.05) is 41.5 Å². The molecule has 5 aliphatic rings. The van der Waals surface area contributed by atoms with Crippen LogP contribution in [-0.4, -0.2) is 0 Å². The fourth-order valence-corrected chi connectivity index (χ4v) is 9.30. The van der Waals surface area contributed by atoms with E-state index in [1.807, 2.05) is 0 Å². The molecular weight excluding hydrogens is 228 g/mol. The fraction of sp³-hybridized carbons (Fsp3) is 1.00. The Hall–Kier alpha value is 0. The van der Waals surface area contributed by atoms with Crippen LogP contribution in [-0.2, 0) is 0 Å². The van der Waals surface area contributed by atoms with E-state index in [-0.39, 0.29) is 0 Å². The molecule has 0 aliphatic heterocycles. The van der Waals surface area contributed by atoms with Gasteiger partial charge < -0.3 is 0 Å². The quantitative estimate of drug-likeness (QED) is 0.583. The van der Waals surface area contributed by atoms with E-state index in [2.05, 4.69) is 41.5 Å². The van der Waals surface area contributed by atoms with Crippen LogP contribution in [0.5, 0.6) is 0 Å². The van der Waals surface area contributed by atoms with E-state index in [9.17, 15) is 0 Å². The number of rotatable bonds is 0. The molecule has 0 spiro atoms. The van der Waals surface area contributed by atoms with Crippen molar-refractivity contribution in [2.45, 2.75) is 54.4 Å². The van der Waals surface area contributed by atoms with E-state index in [0.29, 0.717) is 16.2 Å². The maximum atomic E-state index is 2.69. The van der Waals surface area contributed by atoms with Gasteiger partial charge in [-0.3, -0.25) is 0 Å². The molecule has 5 aliphatic carbocycles. The van der Waals surface area contributed by atoms with E-state index in [0.717, 1.165) is 47.3 Å². The van der Waals surface area contributed by atoms with Crippen molar-refractivity contribution < 1.29 is 0 Å². The minimum Gasteiger partial charge on any atom is -0.0619 e. The minimum absolute atomic E-state index is 0.636. The van der Waals surface area contributed by atoms with E-state index in [4.69, 9.17) is 0 Å². The average Bonchev–Trinajstić information content (AvgIpc) is 2.50. The van der Waals surface area contributed by atoms with Crippen LogP contribution >= 0.6 is 0 Å². The Kier molecular flexibility index (Phi) is 1.65. The predicted molar refractivity (Wildman–Crippen MR) is 78.5 cm³/mol. The molecule has 11 atom stereocenters. The lowest BCUT2D eigenvalue weighted by molar-refractivity contribution is -0.321. The first-order valence-corrected chi connectivity index (χ1v) is 8.79. The van der Waals surface area contributed by atoms with Crippen LogP contribution in [0.1, 0.15) is 54.4 Å². The van der Waals surface area contributed by atoms with Crippen LogP contribution in [0.25, 0.3) is 0 Å². The topological polar surface area (TPSA) is 0 Å². The summed E-state index contributed by atoms with van der Waals surface area (Å²) in [6, 6.07) is 0. The van der Waals surface area contributed by atoms with Crippen molar-refractivity contribution in [3.05, 3.63) is 0 Å². The van der Waals surface area contributed by atoms with Crippen molar-refractivity contribution in [2.75, 3.05) is 0 Å². The van der Waals surface area contributed by atoms with Gasteiger partial charge in [0, 0.05) is 0 Å². The molecule has 0 amide bonds. The zero-order chi connectivity index (χ0) is 13.5. The summed E-state index contributed by atoms with van der Waals surface area (Å²) in [6.07, 6.45) is 3.10. The normalized spacial score (nSPS) is 79.3. The van der Waals surface area contributed by atoms with E-state index in [1.165, 1.54) is 0 Å². The maximum Gasteiger partial charge on any atom is -0.0212 e. The maximum absolute atomic E-state index is 2.69. The largest absolute Gasteiger partial charge is 0.0619 e. The second kappa shape index (κ2) is 2.69. The lowest BCUT2D eigenvalue weighted by Gasteiger charge is -2.79. The van der Waals surface area contributed by atoms with Crippen LogP contribution in [0, 0.1) is 63.6 Å². The molecule has 0 N–H and O–H groups in total. The van der Waals surface area contributed by atoms with E-state index < -0.39 is 0 Å². The van der Waals surface area contributed by atoms with Gasteiger partial charge >= 0.3 is 0 Å². The zero-order valence-corrected chi connectivity index (χ0v) is 13.5. The highest BCUT2D eigenvalue weighted by molar-refractivity contribution is 5.32. The van der Waals surface area contributed by atoms with Gasteiger partial charge in [0.1, 0.15) is 0 Å². The number of fused-ring (bicyclic) bond motifs is 5. The molecule has 0 nitrogen and oxygen atoms in total. The molecule has 0 heterocycles. The molecule has 0 aromatic heterocycles. The van der Waals surface area contributed by atoms with Crippen molar-refractivity contribution in [3.8, 4) is 0 Å². The van der Waals surface area contributed by atoms with Crippen LogP contribution < -0.4 is 0 Å². The molecular formula is C19H30. The van der Waals surface area contributed by atoms with Crippen molar-refractivity contribution in [1.82, 2.24) is 0 Å². The fourth-order valence-electron chi connectivity index (χ4n) is 9.30. The summed E-state index contributed by atoms with van der Waals surface area (Å²) in [5.74, 6) is 8.46. The van der Waals surface area contributed by atoms with Crippen molar-refractivity contribution in [3.63, 3.8) is 0 Å². The van der Waals surface area contributed by atoms with Gasteiger partial charge in [-0.25, -0.2) is 0 Å². The van der Waals surface area contributed by atoms with Crippen molar-refractivity contribution >= 4 is 0 Å². The Balaban J connectivity index is 1.74. The van der Waals surface area contributed by atoms with E-state index in [1.54, 1.807) is 12.8 Å². The van der Waals surface area contributed by atoms with Crippen molar-refractivity contribution in [1.29, 1.82) is 0 Å². The summed E-state index contributed by atoms with van der Waals surface area (Å²) < 4.78 is 0. The third-order valence-corrected chi connectivity index (χ3v) is 10.6. The summed E-state index contributed by atoms with van der Waals surface area (Å²) in [7, 11) is 0. The Morgan fingerprint density at radius 1 is 0.895 bits per heavy atom. The molecule has 0 aromatic carbocycles. The second-order valence-corrected chi connectivity index (χ2v) is 9.88. The van der Waals surface area contributed by atoms with Gasteiger partial charge in [-0.05, 0) is 76.4 Å². The smallest absolute Gasteiger partial charge is 0.0212 e. The lowest BCUT2D eigenvalue weighted by atomic mass is 9.25. The Morgan fingerprint density at radius 2 is 1.58 bits per heavy atom. The molecule has 0 heteroatoms. The summed E-state index contributed by atoms with van der Waals surface area (Å²) in [4.78, 5) is 0. The van der Waals surface area contributed by atoms with Crippen LogP contribution in [0.2, 0.25) is 0 Å². The highest BCUT2D eigenvalue weighted by Crippen LogP contribution is 2.89. The van der Waals surface area contributed by atoms with E-state index >= 15 is 0 Å². The highest BCUT2D eigenvalue weighted by Gasteiger charge is 2.84. The van der Waals surface area contributed by atoms with Crippen LogP contribution in [0.4, 0.5) is 0 Å². The third kappa shape index (κ3) is 0.757. The predicted octanol–water partition coefficient (Wildman–Crippen LogP) is 4.84. The monoisotopic (exact) mass is 258 g/mol. The molecule has 0 saturated heterocycles. The first-order chi connectivity index (χ1) is 8.79. The van der Waals surface area contributed by atoms with Gasteiger partial charge in [0.15, 0.2) is 0 Å². The van der Waals surface area contributed by atoms with Crippen LogP contribution in [0.3, 0.4) is 0 Å². The first kappa shape index (κ1) is 11.6. The molecule has 19 heavy (non-hydrogen) atoms. The number of hydrogen-bond acceptors (Lipinski definition) is 0. The van der Waals surface area contributed by atoms with Gasteiger partial charge in [0.05, 0.1) is 0 Å². The molecule has 5 saturated carbocycles. The summed E-state index contributed by atoms with van der Waals surface area (Å²) in [5.41, 5.74) is 2.00. The number of hydrogen-bond donors (Lipinski definition) is 0. The van der Waals surface area contributed by atoms with Crippen LogP contribution in [0.15, 0.2) is 0 Å². The molecule has 0 radical (unpaired) electrons. The third-order valence-electron chi connectivity index (χ3n) is 10.6.